The highest BCUT2D eigenvalue weighted by Crippen LogP contribution is 2.29. The van der Waals surface area contributed by atoms with Crippen LogP contribution in [0.25, 0.3) is 22.0 Å². The molecule has 104 valence electrons. The lowest BCUT2D eigenvalue weighted by Gasteiger charge is -2.11. The lowest BCUT2D eigenvalue weighted by Crippen LogP contribution is -1.99. The van der Waals surface area contributed by atoms with Gasteiger partial charge in [0.05, 0.1) is 5.52 Å². The standard InChI is InChI=1S/C18H14ClNO/c1-11-8-12(2)17-15(16(11)18(19)21)9-14(10-20-17)13-6-4-3-5-7-13/h3-10H,1-2H3. The van der Waals surface area contributed by atoms with Gasteiger partial charge in [-0.25, -0.2) is 0 Å². The summed E-state index contributed by atoms with van der Waals surface area (Å²) >= 11 is 5.77. The van der Waals surface area contributed by atoms with Gasteiger partial charge >= 0.3 is 0 Å². The van der Waals surface area contributed by atoms with Crippen LogP contribution in [-0.4, -0.2) is 10.2 Å². The van der Waals surface area contributed by atoms with Crippen LogP contribution in [-0.2, 0) is 0 Å². The van der Waals surface area contributed by atoms with Crippen LogP contribution >= 0.6 is 11.6 Å². The molecule has 2 nitrogen and oxygen atoms in total. The zero-order valence-corrected chi connectivity index (χ0v) is 12.6. The van der Waals surface area contributed by atoms with Crippen LogP contribution in [0.4, 0.5) is 0 Å². The zero-order valence-electron chi connectivity index (χ0n) is 11.9. The van der Waals surface area contributed by atoms with Crippen molar-refractivity contribution in [3.05, 3.63) is 65.4 Å². The fourth-order valence-electron chi connectivity index (χ4n) is 2.70. The van der Waals surface area contributed by atoms with Crippen molar-refractivity contribution in [3.63, 3.8) is 0 Å². The molecule has 0 spiro atoms. The van der Waals surface area contributed by atoms with Crippen LogP contribution in [0.5, 0.6) is 0 Å². The molecule has 0 amide bonds. The zero-order chi connectivity index (χ0) is 15.0. The molecule has 0 atom stereocenters. The Balaban J connectivity index is 2.34. The van der Waals surface area contributed by atoms with E-state index < -0.39 is 5.24 Å². The van der Waals surface area contributed by atoms with Gasteiger partial charge in [0.15, 0.2) is 0 Å². The minimum Gasteiger partial charge on any atom is -0.276 e. The number of carbonyl (C=O) groups is 1. The van der Waals surface area contributed by atoms with Crippen molar-refractivity contribution >= 4 is 27.7 Å². The van der Waals surface area contributed by atoms with E-state index in [-0.39, 0.29) is 0 Å². The molecule has 0 fully saturated rings. The first-order valence-corrected chi connectivity index (χ1v) is 7.11. The normalized spacial score (nSPS) is 10.8. The second kappa shape index (κ2) is 5.30. The van der Waals surface area contributed by atoms with Gasteiger partial charge in [0, 0.05) is 22.7 Å². The number of halogens is 1. The molecule has 0 saturated carbocycles. The van der Waals surface area contributed by atoms with Crippen LogP contribution in [0, 0.1) is 13.8 Å². The summed E-state index contributed by atoms with van der Waals surface area (Å²) in [5.74, 6) is 0. The number of aryl methyl sites for hydroxylation is 2. The molecule has 0 N–H and O–H groups in total. The van der Waals surface area contributed by atoms with E-state index in [1.54, 1.807) is 0 Å². The molecule has 3 rings (SSSR count). The quantitative estimate of drug-likeness (QED) is 0.630. The number of pyridine rings is 1. The summed E-state index contributed by atoms with van der Waals surface area (Å²) in [6, 6.07) is 13.9. The fourth-order valence-corrected chi connectivity index (χ4v) is 2.95. The molecule has 21 heavy (non-hydrogen) atoms. The van der Waals surface area contributed by atoms with Gasteiger partial charge in [-0.1, -0.05) is 36.4 Å². The molecule has 3 heteroatoms. The van der Waals surface area contributed by atoms with Gasteiger partial charge in [-0.2, -0.15) is 0 Å². The summed E-state index contributed by atoms with van der Waals surface area (Å²) in [6.45, 7) is 3.89. The van der Waals surface area contributed by atoms with E-state index in [4.69, 9.17) is 11.6 Å². The summed E-state index contributed by atoms with van der Waals surface area (Å²) in [7, 11) is 0. The molecule has 0 aliphatic carbocycles. The van der Waals surface area contributed by atoms with Crippen molar-refractivity contribution in [1.29, 1.82) is 0 Å². The van der Waals surface area contributed by atoms with Gasteiger partial charge in [-0.3, -0.25) is 9.78 Å². The van der Waals surface area contributed by atoms with Crippen molar-refractivity contribution in [2.24, 2.45) is 0 Å². The van der Waals surface area contributed by atoms with Gasteiger partial charge in [0.25, 0.3) is 5.24 Å². The van der Waals surface area contributed by atoms with Gasteiger partial charge in [-0.05, 0) is 48.2 Å². The third kappa shape index (κ3) is 2.43. The predicted molar refractivity (Wildman–Crippen MR) is 86.8 cm³/mol. The molecule has 0 radical (unpaired) electrons. The SMILES string of the molecule is Cc1cc(C)c2ncc(-c3ccccc3)cc2c1C(=O)Cl. The molecule has 1 aromatic heterocycles. The summed E-state index contributed by atoms with van der Waals surface area (Å²) in [4.78, 5) is 16.3. The lowest BCUT2D eigenvalue weighted by molar-refractivity contribution is 0.108. The van der Waals surface area contributed by atoms with E-state index in [9.17, 15) is 4.79 Å². The van der Waals surface area contributed by atoms with E-state index in [2.05, 4.69) is 4.98 Å². The first kappa shape index (κ1) is 13.8. The maximum atomic E-state index is 11.8. The van der Waals surface area contributed by atoms with Crippen molar-refractivity contribution < 1.29 is 4.79 Å². The molecular formula is C18H14ClNO. The topological polar surface area (TPSA) is 30.0 Å². The molecule has 0 aliphatic rings. The molecule has 0 aliphatic heterocycles. The minimum atomic E-state index is -0.440. The Labute approximate surface area is 128 Å². The summed E-state index contributed by atoms with van der Waals surface area (Å²) < 4.78 is 0. The van der Waals surface area contributed by atoms with E-state index in [0.717, 1.165) is 33.2 Å². The Morgan fingerprint density at radius 3 is 2.38 bits per heavy atom. The van der Waals surface area contributed by atoms with E-state index >= 15 is 0 Å². The number of benzene rings is 2. The third-order valence-electron chi connectivity index (χ3n) is 3.66. The molecule has 0 bridgehead atoms. The Morgan fingerprint density at radius 2 is 1.71 bits per heavy atom. The average Bonchev–Trinajstić information content (AvgIpc) is 2.47. The number of nitrogens with zero attached hydrogens (tertiary/aromatic N) is 1. The predicted octanol–water partition coefficient (Wildman–Crippen LogP) is 4.90. The first-order valence-electron chi connectivity index (χ1n) is 6.73. The number of fused-ring (bicyclic) bond motifs is 1. The number of hydrogen-bond donors (Lipinski definition) is 0. The van der Waals surface area contributed by atoms with Crippen molar-refractivity contribution in [3.8, 4) is 11.1 Å². The summed E-state index contributed by atoms with van der Waals surface area (Å²) in [6.07, 6.45) is 1.84. The average molecular weight is 296 g/mol. The lowest BCUT2D eigenvalue weighted by atomic mass is 9.97. The Morgan fingerprint density at radius 1 is 1.00 bits per heavy atom. The van der Waals surface area contributed by atoms with Gasteiger partial charge in [0.1, 0.15) is 0 Å². The highest BCUT2D eigenvalue weighted by molar-refractivity contribution is 6.68. The van der Waals surface area contributed by atoms with Gasteiger partial charge in [0.2, 0.25) is 0 Å². The fraction of sp³-hybridized carbons (Fsp3) is 0.111. The van der Waals surface area contributed by atoms with Gasteiger partial charge in [-0.15, -0.1) is 0 Å². The van der Waals surface area contributed by atoms with Crippen molar-refractivity contribution in [1.82, 2.24) is 4.98 Å². The van der Waals surface area contributed by atoms with E-state index in [1.165, 1.54) is 0 Å². The molecule has 3 aromatic rings. The Hall–Kier alpha value is -2.19. The number of aromatic nitrogens is 1. The van der Waals surface area contributed by atoms with E-state index in [1.807, 2.05) is 62.5 Å². The monoisotopic (exact) mass is 295 g/mol. The highest BCUT2D eigenvalue weighted by atomic mass is 35.5. The molecule has 2 aromatic carbocycles. The Bertz CT molecular complexity index is 841. The summed E-state index contributed by atoms with van der Waals surface area (Å²) in [5, 5.41) is 0.373. The van der Waals surface area contributed by atoms with Crippen molar-refractivity contribution in [2.45, 2.75) is 13.8 Å². The highest BCUT2D eigenvalue weighted by Gasteiger charge is 2.14. The minimum absolute atomic E-state index is 0.440. The second-order valence-electron chi connectivity index (χ2n) is 5.15. The smallest absolute Gasteiger partial charge is 0.253 e. The van der Waals surface area contributed by atoms with Crippen LogP contribution < -0.4 is 0 Å². The molecule has 1 heterocycles. The maximum Gasteiger partial charge on any atom is 0.253 e. The van der Waals surface area contributed by atoms with Crippen molar-refractivity contribution in [2.75, 3.05) is 0 Å². The number of carbonyl (C=O) groups excluding carboxylic acids is 1. The maximum absolute atomic E-state index is 11.8. The largest absolute Gasteiger partial charge is 0.276 e. The van der Waals surface area contributed by atoms with Gasteiger partial charge < -0.3 is 0 Å². The number of hydrogen-bond acceptors (Lipinski definition) is 2. The van der Waals surface area contributed by atoms with Crippen LogP contribution in [0.1, 0.15) is 21.5 Å². The van der Waals surface area contributed by atoms with Crippen LogP contribution in [0.3, 0.4) is 0 Å². The van der Waals surface area contributed by atoms with Crippen LogP contribution in [0.15, 0.2) is 48.7 Å². The molecule has 0 unspecified atom stereocenters. The van der Waals surface area contributed by atoms with E-state index in [0.29, 0.717) is 5.56 Å². The molecule has 0 saturated heterocycles. The molecular weight excluding hydrogens is 282 g/mol. The summed E-state index contributed by atoms with van der Waals surface area (Å²) in [5.41, 5.74) is 5.34. The number of rotatable bonds is 2. The second-order valence-corrected chi connectivity index (χ2v) is 5.49. The third-order valence-corrected chi connectivity index (χ3v) is 3.85. The van der Waals surface area contributed by atoms with Crippen LogP contribution in [0.2, 0.25) is 0 Å². The Kier molecular flexibility index (Phi) is 3.48. The first-order chi connectivity index (χ1) is 10.1.